The Morgan fingerprint density at radius 1 is 1.00 bits per heavy atom. The molecule has 0 spiro atoms. The normalized spacial score (nSPS) is 14.8. The van der Waals surface area contributed by atoms with Crippen LogP contribution in [0.15, 0.2) is 54.7 Å². The smallest absolute Gasteiger partial charge is 0.308 e. The zero-order valence-electron chi connectivity index (χ0n) is 21.9. The van der Waals surface area contributed by atoms with E-state index < -0.39 is 23.7 Å². The fraction of sp³-hybridized carbons (Fsp3) is 0.250. The van der Waals surface area contributed by atoms with Gasteiger partial charge in [0, 0.05) is 44.0 Å². The Bertz CT molecular complexity index is 1460. The maximum absolute atomic E-state index is 13.7. The highest BCUT2D eigenvalue weighted by Crippen LogP contribution is 2.30. The van der Waals surface area contributed by atoms with E-state index in [4.69, 9.17) is 28.6 Å². The number of carbonyl (C=O) groups excluding carboxylic acids is 2. The SMILES string of the molecule is CN(C)C(=N)c1ccc(C(=O)Nc2ccc(Cl)cc2C(=O)Nc2ccc(Cl)cn2)c(N2CCCC(C(=O)O)C2)c1. The van der Waals surface area contributed by atoms with Gasteiger partial charge in [-0.2, -0.15) is 0 Å². The summed E-state index contributed by atoms with van der Waals surface area (Å²) in [4.78, 5) is 46.1. The van der Waals surface area contributed by atoms with Crippen LogP contribution < -0.4 is 15.5 Å². The molecule has 40 heavy (non-hydrogen) atoms. The lowest BCUT2D eigenvalue weighted by Gasteiger charge is -2.34. The van der Waals surface area contributed by atoms with Crippen LogP contribution in [0.5, 0.6) is 0 Å². The summed E-state index contributed by atoms with van der Waals surface area (Å²) < 4.78 is 0. The number of carbonyl (C=O) groups is 3. The first-order valence-corrected chi connectivity index (χ1v) is 13.2. The Labute approximate surface area is 241 Å². The molecule has 2 amide bonds. The van der Waals surface area contributed by atoms with Crippen LogP contribution in [0.25, 0.3) is 0 Å². The predicted molar refractivity (Wildman–Crippen MR) is 156 cm³/mol. The van der Waals surface area contributed by atoms with Crippen molar-refractivity contribution in [1.82, 2.24) is 9.88 Å². The Hall–Kier alpha value is -4.15. The minimum atomic E-state index is -0.889. The van der Waals surface area contributed by atoms with Gasteiger partial charge in [0.05, 0.1) is 33.4 Å². The molecule has 4 N–H and O–H groups in total. The molecule has 1 fully saturated rings. The minimum absolute atomic E-state index is 0.120. The third-order valence-corrected chi connectivity index (χ3v) is 6.98. The number of carboxylic acid groups (broad SMARTS) is 1. The van der Waals surface area contributed by atoms with Gasteiger partial charge >= 0.3 is 5.97 Å². The quantitative estimate of drug-likeness (QED) is 0.225. The number of benzene rings is 2. The number of carboxylic acids is 1. The van der Waals surface area contributed by atoms with Gasteiger partial charge < -0.3 is 25.5 Å². The molecule has 4 rings (SSSR count). The summed E-state index contributed by atoms with van der Waals surface area (Å²) in [6, 6.07) is 12.7. The number of nitrogens with one attached hydrogen (secondary N) is 3. The van der Waals surface area contributed by atoms with Crippen molar-refractivity contribution in [3.63, 3.8) is 0 Å². The third kappa shape index (κ3) is 6.70. The maximum Gasteiger partial charge on any atom is 0.308 e. The lowest BCUT2D eigenvalue weighted by molar-refractivity contribution is -0.141. The number of hydrogen-bond donors (Lipinski definition) is 4. The van der Waals surface area contributed by atoms with E-state index in [1.165, 1.54) is 18.3 Å². The van der Waals surface area contributed by atoms with Gasteiger partial charge in [0.1, 0.15) is 11.7 Å². The van der Waals surface area contributed by atoms with E-state index in [-0.39, 0.29) is 35.0 Å². The molecule has 1 saturated heterocycles. The number of amides is 2. The van der Waals surface area contributed by atoms with E-state index in [1.54, 1.807) is 55.4 Å². The van der Waals surface area contributed by atoms with Crippen LogP contribution in [0, 0.1) is 11.3 Å². The van der Waals surface area contributed by atoms with Crippen LogP contribution in [0.3, 0.4) is 0 Å². The van der Waals surface area contributed by atoms with Gasteiger partial charge in [-0.3, -0.25) is 19.8 Å². The molecule has 208 valence electrons. The zero-order valence-corrected chi connectivity index (χ0v) is 23.4. The van der Waals surface area contributed by atoms with Crippen molar-refractivity contribution in [1.29, 1.82) is 5.41 Å². The van der Waals surface area contributed by atoms with Gasteiger partial charge in [-0.1, -0.05) is 29.3 Å². The van der Waals surface area contributed by atoms with Gasteiger partial charge in [0.25, 0.3) is 11.8 Å². The number of anilines is 3. The molecule has 0 saturated carbocycles. The van der Waals surface area contributed by atoms with E-state index >= 15 is 0 Å². The van der Waals surface area contributed by atoms with Gasteiger partial charge in [-0.05, 0) is 55.3 Å². The standard InChI is InChI=1S/C28H28Cl2N6O4/c1-35(2)25(31)16-5-8-20(23(12-16)36-11-3-4-17(15-36)28(39)40)26(37)33-22-9-6-18(29)13-21(22)27(38)34-24-10-7-19(30)14-32-24/h5-10,12-14,17,31H,3-4,11,15H2,1-2H3,(H,33,37)(H,39,40)(H,32,34,38). The van der Waals surface area contributed by atoms with Crippen LogP contribution in [0.2, 0.25) is 10.0 Å². The molecule has 1 aromatic heterocycles. The second kappa shape index (κ2) is 12.4. The molecule has 2 heterocycles. The number of halogens is 2. The monoisotopic (exact) mass is 582 g/mol. The van der Waals surface area contributed by atoms with E-state index in [0.29, 0.717) is 40.7 Å². The molecule has 0 aliphatic carbocycles. The minimum Gasteiger partial charge on any atom is -0.481 e. The molecule has 12 heteroatoms. The Morgan fingerprint density at radius 3 is 2.40 bits per heavy atom. The molecule has 1 aliphatic heterocycles. The highest BCUT2D eigenvalue weighted by atomic mass is 35.5. The van der Waals surface area contributed by atoms with Crippen LogP contribution in [-0.2, 0) is 4.79 Å². The van der Waals surface area contributed by atoms with Crippen LogP contribution in [-0.4, -0.2) is 65.8 Å². The highest BCUT2D eigenvalue weighted by Gasteiger charge is 2.28. The van der Waals surface area contributed by atoms with E-state index in [1.807, 2.05) is 4.90 Å². The summed E-state index contributed by atoms with van der Waals surface area (Å²) in [6.45, 7) is 0.794. The second-order valence-corrected chi connectivity index (χ2v) is 10.4. The van der Waals surface area contributed by atoms with Crippen LogP contribution >= 0.6 is 23.2 Å². The number of aromatic nitrogens is 1. The van der Waals surface area contributed by atoms with Crippen LogP contribution in [0.1, 0.15) is 39.1 Å². The Balaban J connectivity index is 1.67. The van der Waals surface area contributed by atoms with Crippen molar-refractivity contribution >= 4 is 64.0 Å². The Kier molecular flexibility index (Phi) is 8.91. The predicted octanol–water partition coefficient (Wildman–Crippen LogP) is 5.08. The van der Waals surface area contributed by atoms with Gasteiger partial charge in [-0.15, -0.1) is 0 Å². The summed E-state index contributed by atoms with van der Waals surface area (Å²) in [5.74, 6) is -1.99. The first kappa shape index (κ1) is 28.8. The average molecular weight is 583 g/mol. The molecular formula is C28H28Cl2N6O4. The Morgan fingerprint density at radius 2 is 1.73 bits per heavy atom. The maximum atomic E-state index is 13.7. The first-order valence-electron chi connectivity index (χ1n) is 12.5. The highest BCUT2D eigenvalue weighted by molar-refractivity contribution is 6.31. The first-order chi connectivity index (χ1) is 19.0. The lowest BCUT2D eigenvalue weighted by Crippen LogP contribution is -2.39. The number of nitrogens with zero attached hydrogens (tertiary/aromatic N) is 3. The van der Waals surface area contributed by atoms with Gasteiger partial charge in [0.15, 0.2) is 0 Å². The number of aliphatic carboxylic acids is 1. The van der Waals surface area contributed by atoms with E-state index in [9.17, 15) is 19.5 Å². The van der Waals surface area contributed by atoms with Crippen molar-refractivity contribution in [3.8, 4) is 0 Å². The summed E-state index contributed by atoms with van der Waals surface area (Å²) in [5, 5.41) is 24.2. The summed E-state index contributed by atoms with van der Waals surface area (Å²) in [7, 11) is 3.49. The largest absolute Gasteiger partial charge is 0.481 e. The van der Waals surface area contributed by atoms with E-state index in [0.717, 1.165) is 0 Å². The number of piperidine rings is 1. The van der Waals surface area contributed by atoms with Crippen molar-refractivity contribution in [2.24, 2.45) is 5.92 Å². The van der Waals surface area contributed by atoms with Crippen molar-refractivity contribution < 1.29 is 19.5 Å². The molecule has 1 atom stereocenters. The molecule has 0 radical (unpaired) electrons. The lowest BCUT2D eigenvalue weighted by atomic mass is 9.96. The number of rotatable bonds is 7. The molecular weight excluding hydrogens is 555 g/mol. The molecule has 0 bridgehead atoms. The topological polar surface area (TPSA) is 139 Å². The summed E-state index contributed by atoms with van der Waals surface area (Å²) in [5.41, 5.74) is 1.71. The number of hydrogen-bond acceptors (Lipinski definition) is 6. The summed E-state index contributed by atoms with van der Waals surface area (Å²) >= 11 is 12.0. The molecule has 10 nitrogen and oxygen atoms in total. The molecule has 1 unspecified atom stereocenters. The fourth-order valence-corrected chi connectivity index (χ4v) is 4.71. The fourth-order valence-electron chi connectivity index (χ4n) is 4.42. The average Bonchev–Trinajstić information content (AvgIpc) is 2.94. The second-order valence-electron chi connectivity index (χ2n) is 9.56. The van der Waals surface area contributed by atoms with Crippen molar-refractivity contribution in [2.75, 3.05) is 42.7 Å². The van der Waals surface area contributed by atoms with E-state index in [2.05, 4.69) is 15.6 Å². The molecule has 2 aromatic carbocycles. The zero-order chi connectivity index (χ0) is 29.0. The number of pyridine rings is 1. The van der Waals surface area contributed by atoms with Crippen LogP contribution in [0.4, 0.5) is 17.2 Å². The van der Waals surface area contributed by atoms with Gasteiger partial charge in [0.2, 0.25) is 0 Å². The van der Waals surface area contributed by atoms with Crippen molar-refractivity contribution in [3.05, 3.63) is 81.5 Å². The third-order valence-electron chi connectivity index (χ3n) is 6.52. The van der Waals surface area contributed by atoms with Gasteiger partial charge in [-0.25, -0.2) is 4.98 Å². The van der Waals surface area contributed by atoms with Crippen molar-refractivity contribution in [2.45, 2.75) is 12.8 Å². The summed E-state index contributed by atoms with van der Waals surface area (Å²) in [6.07, 6.45) is 2.59. The number of amidine groups is 1. The molecule has 1 aliphatic rings. The molecule has 3 aromatic rings.